The molecule has 6 heteroatoms. The van der Waals surface area contributed by atoms with E-state index in [0.717, 1.165) is 11.1 Å². The van der Waals surface area contributed by atoms with E-state index in [4.69, 9.17) is 5.11 Å². The van der Waals surface area contributed by atoms with E-state index in [2.05, 4.69) is 46.7 Å². The van der Waals surface area contributed by atoms with Crippen molar-refractivity contribution in [3.05, 3.63) is 101 Å². The Morgan fingerprint density at radius 2 is 1.55 bits per heavy atom. The van der Waals surface area contributed by atoms with E-state index >= 15 is 0 Å². The molecule has 31 heavy (non-hydrogen) atoms. The van der Waals surface area contributed by atoms with E-state index < -0.39 is 5.97 Å². The quantitative estimate of drug-likeness (QED) is 0.544. The number of amidine groups is 1. The molecule has 1 aliphatic heterocycles. The lowest BCUT2D eigenvalue weighted by Crippen LogP contribution is -2.19. The Balaban J connectivity index is 1.40. The minimum absolute atomic E-state index is 0.0262. The summed E-state index contributed by atoms with van der Waals surface area (Å²) in [5, 5.41) is 12.1. The van der Waals surface area contributed by atoms with E-state index in [1.54, 1.807) is 24.3 Å². The zero-order valence-electron chi connectivity index (χ0n) is 16.6. The number of hydrogen-bond acceptors (Lipinski definition) is 4. The lowest BCUT2D eigenvalue weighted by atomic mass is 10.0. The van der Waals surface area contributed by atoms with Crippen LogP contribution >= 0.6 is 11.8 Å². The molecule has 1 amide bonds. The van der Waals surface area contributed by atoms with Crippen molar-refractivity contribution in [1.29, 1.82) is 0 Å². The molecule has 3 aromatic carbocycles. The summed E-state index contributed by atoms with van der Waals surface area (Å²) in [5.41, 5.74) is 4.83. The number of thioether (sulfide) groups is 1. The van der Waals surface area contributed by atoms with Gasteiger partial charge >= 0.3 is 5.97 Å². The maximum absolute atomic E-state index is 12.3. The molecular formula is C25H20N2O3S. The lowest BCUT2D eigenvalue weighted by molar-refractivity contribution is -0.136. The number of carbonyl (C=O) groups excluding carboxylic acids is 1. The summed E-state index contributed by atoms with van der Waals surface area (Å²) in [7, 11) is 0. The van der Waals surface area contributed by atoms with Crippen LogP contribution < -0.4 is 5.32 Å². The van der Waals surface area contributed by atoms with Crippen molar-refractivity contribution in [2.24, 2.45) is 4.99 Å². The summed E-state index contributed by atoms with van der Waals surface area (Å²) in [6, 6.07) is 25.5. The van der Waals surface area contributed by atoms with Gasteiger partial charge in [0, 0.05) is 0 Å². The molecule has 154 valence electrons. The van der Waals surface area contributed by atoms with Crippen LogP contribution in [0.2, 0.25) is 0 Å². The predicted octanol–water partition coefficient (Wildman–Crippen LogP) is 4.96. The van der Waals surface area contributed by atoms with Gasteiger partial charge in [0.1, 0.15) is 0 Å². The van der Waals surface area contributed by atoms with Crippen LogP contribution in [-0.2, 0) is 22.4 Å². The molecule has 0 unspecified atom stereocenters. The zero-order valence-corrected chi connectivity index (χ0v) is 17.4. The maximum Gasteiger partial charge on any atom is 0.307 e. The molecule has 0 saturated carbocycles. The number of carboxylic acids is 1. The first-order chi connectivity index (χ1) is 15.1. The molecule has 1 heterocycles. The van der Waals surface area contributed by atoms with Gasteiger partial charge in [-0.15, -0.1) is 0 Å². The first-order valence-electron chi connectivity index (χ1n) is 9.80. The largest absolute Gasteiger partial charge is 0.481 e. The third-order valence-electron chi connectivity index (χ3n) is 4.76. The van der Waals surface area contributed by atoms with E-state index in [-0.39, 0.29) is 12.3 Å². The number of nitrogens with one attached hydrogen (secondary N) is 1. The Kier molecular flexibility index (Phi) is 6.29. The van der Waals surface area contributed by atoms with Crippen LogP contribution in [-0.4, -0.2) is 22.2 Å². The van der Waals surface area contributed by atoms with Crippen LogP contribution in [0.3, 0.4) is 0 Å². The van der Waals surface area contributed by atoms with Gasteiger partial charge in [0.2, 0.25) is 0 Å². The van der Waals surface area contributed by atoms with Gasteiger partial charge in [-0.3, -0.25) is 9.59 Å². The summed E-state index contributed by atoms with van der Waals surface area (Å²) in [4.78, 5) is 28.1. The van der Waals surface area contributed by atoms with Gasteiger partial charge in [-0.25, -0.2) is 4.99 Å². The van der Waals surface area contributed by atoms with Crippen LogP contribution in [0.15, 0.2) is 94.8 Å². The van der Waals surface area contributed by atoms with Crippen molar-refractivity contribution in [1.82, 2.24) is 5.32 Å². The van der Waals surface area contributed by atoms with Gasteiger partial charge in [-0.2, -0.15) is 0 Å². The van der Waals surface area contributed by atoms with Crippen LogP contribution in [0.25, 0.3) is 11.1 Å². The summed E-state index contributed by atoms with van der Waals surface area (Å²) >= 11 is 1.30. The van der Waals surface area contributed by atoms with Crippen molar-refractivity contribution >= 4 is 34.5 Å². The topological polar surface area (TPSA) is 78.8 Å². The van der Waals surface area contributed by atoms with E-state index in [9.17, 15) is 9.59 Å². The fourth-order valence-electron chi connectivity index (χ4n) is 3.17. The number of allylic oxidation sites excluding steroid dienone is 1. The minimum atomic E-state index is -0.873. The van der Waals surface area contributed by atoms with Crippen molar-refractivity contribution in [3.8, 4) is 11.1 Å². The molecule has 0 spiro atoms. The van der Waals surface area contributed by atoms with E-state index in [1.807, 2.05) is 24.3 Å². The van der Waals surface area contributed by atoms with Crippen LogP contribution in [0.5, 0.6) is 0 Å². The highest BCUT2D eigenvalue weighted by Gasteiger charge is 2.23. The highest BCUT2D eigenvalue weighted by Crippen LogP contribution is 2.27. The molecule has 3 aromatic rings. The van der Waals surface area contributed by atoms with Crippen LogP contribution in [0.1, 0.15) is 11.1 Å². The number of benzene rings is 3. The fourth-order valence-corrected chi connectivity index (χ4v) is 3.99. The first kappa shape index (κ1) is 20.6. The van der Waals surface area contributed by atoms with Gasteiger partial charge in [0.05, 0.1) is 17.0 Å². The van der Waals surface area contributed by atoms with E-state index in [0.29, 0.717) is 27.7 Å². The summed E-state index contributed by atoms with van der Waals surface area (Å²) in [5.74, 6) is -1.03. The number of aliphatic carboxylic acids is 1. The number of amides is 1. The first-order valence-corrected chi connectivity index (χ1v) is 10.6. The monoisotopic (exact) mass is 428 g/mol. The van der Waals surface area contributed by atoms with Crippen molar-refractivity contribution in [2.45, 2.75) is 12.8 Å². The van der Waals surface area contributed by atoms with Crippen molar-refractivity contribution in [2.75, 3.05) is 0 Å². The average molecular weight is 429 g/mol. The molecular weight excluding hydrogens is 408 g/mol. The van der Waals surface area contributed by atoms with Crippen LogP contribution in [0, 0.1) is 0 Å². The summed E-state index contributed by atoms with van der Waals surface area (Å²) in [6.45, 7) is 0. The second-order valence-corrected chi connectivity index (χ2v) is 8.08. The molecule has 2 N–H and O–H groups in total. The Hall–Kier alpha value is -3.64. The standard InChI is InChI=1S/C25H20N2O3S/c28-23(29)16-18-8-13-21(14-9-18)26-25-27-24(30)22(31-25)15-10-17-6-11-20(12-7-17)19-4-2-1-3-5-19/h1-9,11-15H,10,16H2,(H,28,29)(H,26,27,30). The molecule has 0 atom stereocenters. The number of carbonyl (C=O) groups is 2. The minimum Gasteiger partial charge on any atom is -0.481 e. The van der Waals surface area contributed by atoms with Crippen molar-refractivity contribution in [3.63, 3.8) is 0 Å². The summed E-state index contributed by atoms with van der Waals surface area (Å²) < 4.78 is 0. The highest BCUT2D eigenvalue weighted by molar-refractivity contribution is 8.18. The number of rotatable bonds is 6. The smallest absolute Gasteiger partial charge is 0.307 e. The second kappa shape index (κ2) is 9.45. The Bertz CT molecular complexity index is 1150. The summed E-state index contributed by atoms with van der Waals surface area (Å²) in [6.07, 6.45) is 2.54. The molecule has 1 aliphatic rings. The predicted molar refractivity (Wildman–Crippen MR) is 124 cm³/mol. The number of hydrogen-bond donors (Lipinski definition) is 2. The Morgan fingerprint density at radius 3 is 2.23 bits per heavy atom. The normalized spacial score (nSPS) is 15.9. The molecule has 1 fully saturated rings. The van der Waals surface area contributed by atoms with Gasteiger partial charge in [0.15, 0.2) is 5.17 Å². The number of carboxylic acid groups (broad SMARTS) is 1. The third kappa shape index (κ3) is 5.49. The highest BCUT2D eigenvalue weighted by atomic mass is 32.2. The van der Waals surface area contributed by atoms with E-state index in [1.165, 1.54) is 17.3 Å². The maximum atomic E-state index is 12.3. The van der Waals surface area contributed by atoms with Gasteiger partial charge in [0.25, 0.3) is 5.91 Å². The molecule has 0 radical (unpaired) electrons. The van der Waals surface area contributed by atoms with Gasteiger partial charge < -0.3 is 10.4 Å². The molecule has 5 nitrogen and oxygen atoms in total. The average Bonchev–Trinajstić information content (AvgIpc) is 3.13. The zero-order chi connectivity index (χ0) is 21.6. The molecule has 4 rings (SSSR count). The fraction of sp³-hybridized carbons (Fsp3) is 0.0800. The number of aliphatic imine (C=N–C) groups is 1. The molecule has 0 aliphatic carbocycles. The molecule has 0 aromatic heterocycles. The third-order valence-corrected chi connectivity index (χ3v) is 5.72. The van der Waals surface area contributed by atoms with Crippen LogP contribution in [0.4, 0.5) is 5.69 Å². The van der Waals surface area contributed by atoms with Gasteiger partial charge in [-0.1, -0.05) is 72.8 Å². The molecule has 1 saturated heterocycles. The molecule has 0 bridgehead atoms. The number of nitrogens with zero attached hydrogens (tertiary/aromatic N) is 1. The lowest BCUT2D eigenvalue weighted by Gasteiger charge is -2.03. The SMILES string of the molecule is O=C(O)Cc1ccc(N=C2NC(=O)C(=CCc3ccc(-c4ccccc4)cc3)S2)cc1. The Morgan fingerprint density at radius 1 is 0.903 bits per heavy atom. The second-order valence-electron chi connectivity index (χ2n) is 7.05. The van der Waals surface area contributed by atoms with Gasteiger partial charge in [-0.05, 0) is 52.6 Å². The van der Waals surface area contributed by atoms with Crippen molar-refractivity contribution < 1.29 is 14.7 Å². The Labute approximate surface area is 184 Å².